The number of benzene rings is 1. The summed E-state index contributed by atoms with van der Waals surface area (Å²) in [6.45, 7) is 3.95. The van der Waals surface area contributed by atoms with Crippen LogP contribution in [0.15, 0.2) is 24.3 Å². The minimum absolute atomic E-state index is 0.00908. The van der Waals surface area contributed by atoms with Crippen LogP contribution in [0.3, 0.4) is 0 Å². The number of amides is 2. The van der Waals surface area contributed by atoms with Gasteiger partial charge in [-0.15, -0.1) is 0 Å². The molecule has 1 N–H and O–H groups in total. The predicted molar refractivity (Wildman–Crippen MR) is 112 cm³/mol. The zero-order chi connectivity index (χ0) is 21.1. The van der Waals surface area contributed by atoms with Gasteiger partial charge >= 0.3 is 0 Å². The van der Waals surface area contributed by atoms with Gasteiger partial charge in [0.1, 0.15) is 5.82 Å². The number of carbonyl (C=O) groups is 2. The number of hydrogen-bond donors (Lipinski definition) is 1. The summed E-state index contributed by atoms with van der Waals surface area (Å²) in [4.78, 5) is 26.4. The van der Waals surface area contributed by atoms with Gasteiger partial charge in [-0.05, 0) is 74.0 Å². The highest BCUT2D eigenvalue weighted by Crippen LogP contribution is 2.39. The maximum Gasteiger partial charge on any atom is 0.222 e. The molecule has 2 aliphatic carbocycles. The molecular weight excluding hydrogens is 383 g/mol. The minimum Gasteiger partial charge on any atom is -0.376 e. The number of rotatable bonds is 8. The van der Waals surface area contributed by atoms with Crippen LogP contribution in [0.25, 0.3) is 0 Å². The largest absolute Gasteiger partial charge is 0.376 e. The number of ether oxygens (including phenoxy) is 1. The lowest BCUT2D eigenvalue weighted by atomic mass is 9.77. The van der Waals surface area contributed by atoms with E-state index >= 15 is 0 Å². The number of carbonyl (C=O) groups excluding carboxylic acids is 2. The van der Waals surface area contributed by atoms with Gasteiger partial charge in [-0.25, -0.2) is 4.39 Å². The standard InChI is InChI=1S/C24H33FN2O3/c1-16(28)26-22-11-19-13-27(14-20(19)12-23(22)30-15-18-5-6-18)24(29)4-2-3-17-7-9-21(25)10-8-17/h7-10,18-20,22-23H,2-6,11-15H2,1H3,(H,26,28)/t19-,20+,22-,23-/m1/s1. The first-order valence-corrected chi connectivity index (χ1v) is 11.4. The maximum atomic E-state index is 13.0. The van der Waals surface area contributed by atoms with Gasteiger partial charge in [-0.1, -0.05) is 12.1 Å². The molecule has 4 atom stereocenters. The number of hydrogen-bond acceptors (Lipinski definition) is 3. The van der Waals surface area contributed by atoms with Gasteiger partial charge in [0, 0.05) is 33.0 Å². The Morgan fingerprint density at radius 1 is 1.13 bits per heavy atom. The lowest BCUT2D eigenvalue weighted by Gasteiger charge is -2.38. The monoisotopic (exact) mass is 416 g/mol. The van der Waals surface area contributed by atoms with Gasteiger partial charge in [0.15, 0.2) is 0 Å². The molecule has 0 bridgehead atoms. The van der Waals surface area contributed by atoms with E-state index in [2.05, 4.69) is 5.32 Å². The van der Waals surface area contributed by atoms with E-state index in [1.54, 1.807) is 19.1 Å². The van der Waals surface area contributed by atoms with Crippen LogP contribution < -0.4 is 5.32 Å². The van der Waals surface area contributed by atoms with E-state index in [0.717, 1.165) is 50.9 Å². The fourth-order valence-corrected chi connectivity index (χ4v) is 5.01. The second-order valence-electron chi connectivity index (χ2n) is 9.39. The summed E-state index contributed by atoms with van der Waals surface area (Å²) in [5.41, 5.74) is 1.06. The zero-order valence-corrected chi connectivity index (χ0v) is 17.8. The first-order valence-electron chi connectivity index (χ1n) is 11.4. The van der Waals surface area contributed by atoms with Crippen molar-refractivity contribution in [2.75, 3.05) is 19.7 Å². The lowest BCUT2D eigenvalue weighted by molar-refractivity contribution is -0.130. The van der Waals surface area contributed by atoms with Crippen LogP contribution in [-0.2, 0) is 20.7 Å². The molecule has 1 aliphatic heterocycles. The molecule has 5 nitrogen and oxygen atoms in total. The smallest absolute Gasteiger partial charge is 0.222 e. The molecule has 30 heavy (non-hydrogen) atoms. The van der Waals surface area contributed by atoms with E-state index in [0.29, 0.717) is 24.2 Å². The van der Waals surface area contributed by atoms with Crippen LogP contribution in [0.1, 0.15) is 51.0 Å². The van der Waals surface area contributed by atoms with Gasteiger partial charge in [0.25, 0.3) is 0 Å². The van der Waals surface area contributed by atoms with E-state index in [1.807, 2.05) is 4.90 Å². The average molecular weight is 417 g/mol. The van der Waals surface area contributed by atoms with E-state index in [9.17, 15) is 14.0 Å². The van der Waals surface area contributed by atoms with Gasteiger partial charge in [0.2, 0.25) is 11.8 Å². The Morgan fingerprint density at radius 2 is 1.83 bits per heavy atom. The van der Waals surface area contributed by atoms with Crippen molar-refractivity contribution >= 4 is 11.8 Å². The van der Waals surface area contributed by atoms with Crippen molar-refractivity contribution in [3.8, 4) is 0 Å². The minimum atomic E-state index is -0.230. The topological polar surface area (TPSA) is 58.6 Å². The van der Waals surface area contributed by atoms with Crippen molar-refractivity contribution in [3.05, 3.63) is 35.6 Å². The molecular formula is C24H33FN2O3. The van der Waals surface area contributed by atoms with Crippen molar-refractivity contribution in [2.45, 2.75) is 64.0 Å². The lowest BCUT2D eigenvalue weighted by Crippen LogP contribution is -2.50. The normalized spacial score (nSPS) is 28.3. The number of nitrogens with one attached hydrogen (secondary N) is 1. The summed E-state index contributed by atoms with van der Waals surface area (Å²) in [7, 11) is 0. The summed E-state index contributed by atoms with van der Waals surface area (Å²) >= 11 is 0. The number of likely N-dealkylation sites (tertiary alicyclic amines) is 1. The van der Waals surface area contributed by atoms with Gasteiger partial charge < -0.3 is 15.0 Å². The van der Waals surface area contributed by atoms with Crippen LogP contribution in [0.2, 0.25) is 0 Å². The Bertz CT molecular complexity index is 749. The Balaban J connectivity index is 1.27. The summed E-state index contributed by atoms with van der Waals surface area (Å²) in [6.07, 6.45) is 6.46. The molecule has 0 aromatic heterocycles. The van der Waals surface area contributed by atoms with Crippen molar-refractivity contribution < 1.29 is 18.7 Å². The maximum absolute atomic E-state index is 13.0. The number of nitrogens with zero attached hydrogens (tertiary/aromatic N) is 1. The molecule has 1 aromatic rings. The fraction of sp³-hybridized carbons (Fsp3) is 0.667. The molecule has 6 heteroatoms. The molecule has 3 aliphatic rings. The highest BCUT2D eigenvalue weighted by Gasteiger charge is 2.44. The third kappa shape index (κ3) is 5.60. The van der Waals surface area contributed by atoms with Crippen LogP contribution >= 0.6 is 0 Å². The Kier molecular flexibility index (Phi) is 6.71. The highest BCUT2D eigenvalue weighted by molar-refractivity contribution is 5.76. The predicted octanol–water partition coefficient (Wildman–Crippen LogP) is 3.32. The second-order valence-corrected chi connectivity index (χ2v) is 9.39. The summed E-state index contributed by atoms with van der Waals surface area (Å²) in [5.74, 6) is 1.56. The average Bonchev–Trinajstić information content (AvgIpc) is 3.45. The molecule has 0 unspecified atom stereocenters. The first kappa shape index (κ1) is 21.3. The number of halogens is 1. The molecule has 1 aromatic carbocycles. The van der Waals surface area contributed by atoms with Crippen LogP contribution in [0.5, 0.6) is 0 Å². The molecule has 2 amide bonds. The molecule has 1 heterocycles. The fourth-order valence-electron chi connectivity index (χ4n) is 5.01. The van der Waals surface area contributed by atoms with Gasteiger partial charge in [0.05, 0.1) is 12.1 Å². The second kappa shape index (κ2) is 9.46. The van der Waals surface area contributed by atoms with Crippen LogP contribution in [0.4, 0.5) is 4.39 Å². The molecule has 2 saturated carbocycles. The quantitative estimate of drug-likeness (QED) is 0.707. The molecule has 164 valence electrons. The molecule has 4 rings (SSSR count). The molecule has 1 saturated heterocycles. The van der Waals surface area contributed by atoms with Gasteiger partial charge in [-0.2, -0.15) is 0 Å². The number of aryl methyl sites for hydroxylation is 1. The molecule has 0 spiro atoms. The van der Waals surface area contributed by atoms with Crippen molar-refractivity contribution in [1.29, 1.82) is 0 Å². The first-order chi connectivity index (χ1) is 14.5. The number of fused-ring (bicyclic) bond motifs is 1. The summed E-state index contributed by atoms with van der Waals surface area (Å²) in [6, 6.07) is 6.56. The third-order valence-corrected chi connectivity index (χ3v) is 6.87. The SMILES string of the molecule is CC(=O)N[C@@H]1C[C@@H]2CN(C(=O)CCCc3ccc(F)cc3)C[C@@H]2C[C@H]1OCC1CC1. The Morgan fingerprint density at radius 3 is 2.50 bits per heavy atom. The van der Waals surface area contributed by atoms with E-state index < -0.39 is 0 Å². The van der Waals surface area contributed by atoms with E-state index in [4.69, 9.17) is 4.74 Å². The Hall–Kier alpha value is -1.95. The van der Waals surface area contributed by atoms with Crippen LogP contribution in [0, 0.1) is 23.6 Å². The zero-order valence-electron chi connectivity index (χ0n) is 17.8. The van der Waals surface area contributed by atoms with Crippen LogP contribution in [-0.4, -0.2) is 48.6 Å². The molecule has 0 radical (unpaired) electrons. The van der Waals surface area contributed by atoms with Gasteiger partial charge in [-0.3, -0.25) is 9.59 Å². The summed E-state index contributed by atoms with van der Waals surface area (Å²) in [5, 5.41) is 3.09. The third-order valence-electron chi connectivity index (χ3n) is 6.87. The van der Waals surface area contributed by atoms with E-state index in [-0.39, 0.29) is 29.8 Å². The van der Waals surface area contributed by atoms with E-state index in [1.165, 1.54) is 25.0 Å². The highest BCUT2D eigenvalue weighted by atomic mass is 19.1. The Labute approximate surface area is 178 Å². The molecule has 3 fully saturated rings. The van der Waals surface area contributed by atoms with Crippen molar-refractivity contribution in [3.63, 3.8) is 0 Å². The summed E-state index contributed by atoms with van der Waals surface area (Å²) < 4.78 is 19.2. The van der Waals surface area contributed by atoms with Crippen molar-refractivity contribution in [2.24, 2.45) is 17.8 Å². The van der Waals surface area contributed by atoms with Crippen molar-refractivity contribution in [1.82, 2.24) is 10.2 Å².